The van der Waals surface area contributed by atoms with Gasteiger partial charge in [-0.2, -0.15) is 0 Å². The van der Waals surface area contributed by atoms with Gasteiger partial charge in [0.05, 0.1) is 11.2 Å². The minimum atomic E-state index is 0.438. The van der Waals surface area contributed by atoms with Crippen LogP contribution in [0, 0.1) is 12.8 Å². The summed E-state index contributed by atoms with van der Waals surface area (Å²) < 4.78 is 0. The van der Waals surface area contributed by atoms with Crippen LogP contribution in [0.5, 0.6) is 0 Å². The fourth-order valence-electron chi connectivity index (χ4n) is 2.79. The highest BCUT2D eigenvalue weighted by molar-refractivity contribution is 7.09. The number of nitrogens with zero attached hydrogens (tertiary/aromatic N) is 1. The molecule has 1 saturated carbocycles. The van der Waals surface area contributed by atoms with E-state index in [9.17, 15) is 0 Å². The van der Waals surface area contributed by atoms with Gasteiger partial charge in [0, 0.05) is 16.5 Å². The molecule has 0 spiro atoms. The smallest absolute Gasteiger partial charge is 0.0797 e. The maximum atomic E-state index is 5.93. The molecule has 0 aliphatic heterocycles. The summed E-state index contributed by atoms with van der Waals surface area (Å²) in [6.07, 6.45) is 3.99. The van der Waals surface area contributed by atoms with Gasteiger partial charge in [0.2, 0.25) is 0 Å². The number of benzene rings is 1. The minimum absolute atomic E-state index is 0.438. The summed E-state index contributed by atoms with van der Waals surface area (Å²) in [7, 11) is 0. The van der Waals surface area contributed by atoms with E-state index in [1.807, 2.05) is 11.6 Å². The van der Waals surface area contributed by atoms with Crippen LogP contribution in [0.1, 0.15) is 41.3 Å². The quantitative estimate of drug-likeness (QED) is 0.846. The van der Waals surface area contributed by atoms with Crippen LogP contribution in [0.25, 0.3) is 0 Å². The van der Waals surface area contributed by atoms with Crippen LogP contribution >= 0.6 is 11.3 Å². The van der Waals surface area contributed by atoms with Gasteiger partial charge < -0.3 is 5.73 Å². The Balaban J connectivity index is 2.03. The summed E-state index contributed by atoms with van der Waals surface area (Å²) in [5.41, 5.74) is 11.3. The lowest BCUT2D eigenvalue weighted by Crippen LogP contribution is -2.22. The van der Waals surface area contributed by atoms with Crippen LogP contribution in [0.15, 0.2) is 29.8 Å². The summed E-state index contributed by atoms with van der Waals surface area (Å²) in [5, 5.41) is 0. The first-order chi connectivity index (χ1) is 8.75. The molecule has 2 aromatic rings. The normalized spacial score (nSPS) is 17.4. The fraction of sp³-hybridized carbons (Fsp3) is 0.400. The minimum Gasteiger partial charge on any atom is -0.399 e. The number of nitrogen functional groups attached to an aromatic ring is 1. The second-order valence-electron chi connectivity index (χ2n) is 5.13. The van der Waals surface area contributed by atoms with Gasteiger partial charge in [0.1, 0.15) is 0 Å². The molecule has 2 nitrogen and oxygen atoms in total. The summed E-state index contributed by atoms with van der Waals surface area (Å²) >= 11 is 1.74. The van der Waals surface area contributed by atoms with Crippen LogP contribution in [-0.2, 0) is 0 Å². The van der Waals surface area contributed by atoms with Gasteiger partial charge in [-0.3, -0.25) is 0 Å². The third kappa shape index (κ3) is 2.03. The lowest BCUT2D eigenvalue weighted by Gasteiger charge is -2.33. The number of aryl methyl sites for hydroxylation is 1. The molecular formula is C15H18N2S. The first-order valence-electron chi connectivity index (χ1n) is 6.51. The van der Waals surface area contributed by atoms with Crippen molar-refractivity contribution in [3.8, 4) is 0 Å². The summed E-state index contributed by atoms with van der Waals surface area (Å²) in [6.45, 7) is 2.17. The molecule has 1 aliphatic rings. The monoisotopic (exact) mass is 258 g/mol. The molecule has 0 amide bonds. The molecule has 1 atom stereocenters. The van der Waals surface area contributed by atoms with E-state index in [1.165, 1.54) is 35.4 Å². The first kappa shape index (κ1) is 11.7. The molecule has 1 aromatic heterocycles. The number of nitrogens with two attached hydrogens (primary N) is 1. The number of rotatable bonds is 3. The van der Waals surface area contributed by atoms with Gasteiger partial charge >= 0.3 is 0 Å². The number of aromatic nitrogens is 1. The van der Waals surface area contributed by atoms with E-state index in [4.69, 9.17) is 5.73 Å². The molecule has 0 bridgehead atoms. The molecule has 3 rings (SSSR count). The number of anilines is 1. The highest BCUT2D eigenvalue weighted by Crippen LogP contribution is 2.44. The van der Waals surface area contributed by atoms with Gasteiger partial charge in [-0.15, -0.1) is 11.3 Å². The van der Waals surface area contributed by atoms with E-state index in [1.54, 1.807) is 11.3 Å². The topological polar surface area (TPSA) is 38.9 Å². The van der Waals surface area contributed by atoms with Gasteiger partial charge in [-0.25, -0.2) is 4.98 Å². The standard InChI is InChI=1S/C15H18N2S/c1-10-15(17-9-18-10)14(11-4-2-5-11)12-6-3-7-13(16)8-12/h3,6-9,11,14H,2,4-5,16H2,1H3. The molecule has 1 aromatic carbocycles. The maximum absolute atomic E-state index is 5.93. The van der Waals surface area contributed by atoms with Crippen LogP contribution in [0.2, 0.25) is 0 Å². The zero-order valence-electron chi connectivity index (χ0n) is 10.6. The predicted octanol–water partition coefficient (Wildman–Crippen LogP) is 3.97. The Morgan fingerprint density at radius 3 is 2.78 bits per heavy atom. The zero-order chi connectivity index (χ0) is 12.5. The molecule has 1 fully saturated rings. The highest BCUT2D eigenvalue weighted by atomic mass is 32.1. The van der Waals surface area contributed by atoms with Crippen molar-refractivity contribution in [2.75, 3.05) is 5.73 Å². The fourth-order valence-corrected chi connectivity index (χ4v) is 3.42. The van der Waals surface area contributed by atoms with Crippen LogP contribution in [0.4, 0.5) is 5.69 Å². The lowest BCUT2D eigenvalue weighted by atomic mass is 9.71. The Hall–Kier alpha value is -1.35. The zero-order valence-corrected chi connectivity index (χ0v) is 11.4. The van der Waals surface area contributed by atoms with E-state index in [2.05, 4.69) is 30.1 Å². The predicted molar refractivity (Wildman–Crippen MR) is 76.9 cm³/mol. The molecule has 2 N–H and O–H groups in total. The summed E-state index contributed by atoms with van der Waals surface area (Å²) in [6, 6.07) is 8.31. The molecule has 3 heteroatoms. The van der Waals surface area contributed by atoms with Gasteiger partial charge in [0.25, 0.3) is 0 Å². The molecule has 18 heavy (non-hydrogen) atoms. The van der Waals surface area contributed by atoms with E-state index >= 15 is 0 Å². The summed E-state index contributed by atoms with van der Waals surface area (Å²) in [4.78, 5) is 5.94. The number of hydrogen-bond acceptors (Lipinski definition) is 3. The van der Waals surface area contributed by atoms with Crippen LogP contribution < -0.4 is 5.73 Å². The Morgan fingerprint density at radius 1 is 1.39 bits per heavy atom. The number of hydrogen-bond donors (Lipinski definition) is 1. The molecule has 0 radical (unpaired) electrons. The van der Waals surface area contributed by atoms with Crippen molar-refractivity contribution in [1.29, 1.82) is 0 Å². The van der Waals surface area contributed by atoms with E-state index in [0.29, 0.717) is 5.92 Å². The van der Waals surface area contributed by atoms with Crippen molar-refractivity contribution in [1.82, 2.24) is 4.98 Å². The Labute approximate surface area is 112 Å². The largest absolute Gasteiger partial charge is 0.399 e. The molecule has 1 heterocycles. The second kappa shape index (κ2) is 4.73. The van der Waals surface area contributed by atoms with E-state index < -0.39 is 0 Å². The SMILES string of the molecule is Cc1scnc1C(c1cccc(N)c1)C1CCC1. The van der Waals surface area contributed by atoms with E-state index in [0.717, 1.165) is 11.6 Å². The van der Waals surface area contributed by atoms with E-state index in [-0.39, 0.29) is 0 Å². The van der Waals surface area contributed by atoms with Crippen molar-refractivity contribution >= 4 is 17.0 Å². The second-order valence-corrected chi connectivity index (χ2v) is 6.19. The maximum Gasteiger partial charge on any atom is 0.0797 e. The Bertz CT molecular complexity index is 543. The van der Waals surface area contributed by atoms with Crippen molar-refractivity contribution in [2.45, 2.75) is 32.1 Å². The Kier molecular flexibility index (Phi) is 3.08. The average Bonchev–Trinajstić information content (AvgIpc) is 2.69. The highest BCUT2D eigenvalue weighted by Gasteiger charge is 2.32. The molecule has 1 aliphatic carbocycles. The third-order valence-electron chi connectivity index (χ3n) is 3.97. The Morgan fingerprint density at radius 2 is 2.22 bits per heavy atom. The average molecular weight is 258 g/mol. The van der Waals surface area contributed by atoms with Crippen molar-refractivity contribution in [3.63, 3.8) is 0 Å². The van der Waals surface area contributed by atoms with Crippen molar-refractivity contribution in [3.05, 3.63) is 45.9 Å². The lowest BCUT2D eigenvalue weighted by molar-refractivity contribution is 0.281. The van der Waals surface area contributed by atoms with Crippen LogP contribution in [0.3, 0.4) is 0 Å². The van der Waals surface area contributed by atoms with Gasteiger partial charge in [-0.1, -0.05) is 18.6 Å². The number of thiazole rings is 1. The van der Waals surface area contributed by atoms with Crippen molar-refractivity contribution < 1.29 is 0 Å². The molecule has 94 valence electrons. The third-order valence-corrected chi connectivity index (χ3v) is 4.74. The van der Waals surface area contributed by atoms with Gasteiger partial charge in [0.15, 0.2) is 0 Å². The van der Waals surface area contributed by atoms with Crippen LogP contribution in [-0.4, -0.2) is 4.98 Å². The van der Waals surface area contributed by atoms with Gasteiger partial charge in [-0.05, 0) is 43.4 Å². The molecule has 1 unspecified atom stereocenters. The van der Waals surface area contributed by atoms with Crippen molar-refractivity contribution in [2.24, 2.45) is 5.92 Å². The first-order valence-corrected chi connectivity index (χ1v) is 7.39. The summed E-state index contributed by atoms with van der Waals surface area (Å²) in [5.74, 6) is 1.18. The molecular weight excluding hydrogens is 240 g/mol. The molecule has 0 saturated heterocycles.